The summed E-state index contributed by atoms with van der Waals surface area (Å²) in [5.41, 5.74) is 1.17. The summed E-state index contributed by atoms with van der Waals surface area (Å²) in [6.07, 6.45) is 2.82. The molecule has 20 heavy (non-hydrogen) atoms. The van der Waals surface area contributed by atoms with E-state index in [0.29, 0.717) is 13.1 Å². The molecule has 2 heterocycles. The van der Waals surface area contributed by atoms with E-state index in [1.165, 1.54) is 5.56 Å². The van der Waals surface area contributed by atoms with Gasteiger partial charge in [0.1, 0.15) is 5.76 Å². The minimum absolute atomic E-state index is 0.0512. The van der Waals surface area contributed by atoms with Crippen LogP contribution >= 0.6 is 0 Å². The Morgan fingerprint density at radius 2 is 2.30 bits per heavy atom. The standard InChI is InChI=1S/C14H24N2O3S/c1-3-5-15-9-13-4-7-19-14(13)10-16-6-8-20(17,18)11-12(16)2/h4,7,12,15H,3,5-6,8-11H2,1-2H3. The Bertz CT molecular complexity index is 524. The molecule has 0 aromatic carbocycles. The second kappa shape index (κ2) is 6.74. The molecule has 1 atom stereocenters. The van der Waals surface area contributed by atoms with E-state index in [1.54, 1.807) is 6.26 Å². The number of furan rings is 1. The SMILES string of the molecule is CCCNCc1ccoc1CN1CCS(=O)(=O)CC1C. The van der Waals surface area contributed by atoms with Crippen molar-refractivity contribution in [2.75, 3.05) is 24.6 Å². The van der Waals surface area contributed by atoms with Gasteiger partial charge in [-0.2, -0.15) is 0 Å². The Hall–Kier alpha value is -0.850. The Morgan fingerprint density at radius 3 is 3.00 bits per heavy atom. The van der Waals surface area contributed by atoms with E-state index in [4.69, 9.17) is 4.42 Å². The zero-order valence-electron chi connectivity index (χ0n) is 12.3. The normalized spacial score (nSPS) is 23.0. The van der Waals surface area contributed by atoms with Crippen LogP contribution in [0, 0.1) is 0 Å². The Kier molecular flexibility index (Phi) is 5.23. The third kappa shape index (κ3) is 4.07. The molecule has 0 spiro atoms. The van der Waals surface area contributed by atoms with Gasteiger partial charge in [-0.1, -0.05) is 6.92 Å². The zero-order chi connectivity index (χ0) is 14.6. The smallest absolute Gasteiger partial charge is 0.153 e. The van der Waals surface area contributed by atoms with Crippen LogP contribution in [0.25, 0.3) is 0 Å². The summed E-state index contributed by atoms with van der Waals surface area (Å²) in [6, 6.07) is 2.04. The van der Waals surface area contributed by atoms with Crippen LogP contribution in [-0.4, -0.2) is 44.0 Å². The second-order valence-electron chi connectivity index (χ2n) is 5.48. The molecule has 0 saturated carbocycles. The lowest BCUT2D eigenvalue weighted by molar-refractivity contribution is 0.200. The zero-order valence-corrected chi connectivity index (χ0v) is 13.1. The Balaban J connectivity index is 1.95. The summed E-state index contributed by atoms with van der Waals surface area (Å²) >= 11 is 0. The van der Waals surface area contributed by atoms with Gasteiger partial charge in [-0.15, -0.1) is 0 Å². The minimum atomic E-state index is -2.86. The van der Waals surface area contributed by atoms with Crippen molar-refractivity contribution in [1.29, 1.82) is 0 Å². The molecule has 2 rings (SSSR count). The lowest BCUT2D eigenvalue weighted by Crippen LogP contribution is -2.46. The van der Waals surface area contributed by atoms with Gasteiger partial charge in [0.05, 0.1) is 24.3 Å². The van der Waals surface area contributed by atoms with Crippen molar-refractivity contribution < 1.29 is 12.8 Å². The molecule has 0 bridgehead atoms. The van der Waals surface area contributed by atoms with Crippen molar-refractivity contribution in [1.82, 2.24) is 10.2 Å². The summed E-state index contributed by atoms with van der Waals surface area (Å²) < 4.78 is 28.7. The van der Waals surface area contributed by atoms with E-state index in [-0.39, 0.29) is 17.5 Å². The van der Waals surface area contributed by atoms with Gasteiger partial charge in [-0.05, 0) is 26.0 Å². The molecular formula is C14H24N2O3S. The van der Waals surface area contributed by atoms with Crippen molar-refractivity contribution in [2.24, 2.45) is 0 Å². The van der Waals surface area contributed by atoms with Crippen LogP contribution in [-0.2, 0) is 22.9 Å². The van der Waals surface area contributed by atoms with Crippen molar-refractivity contribution in [3.8, 4) is 0 Å². The van der Waals surface area contributed by atoms with Crippen LogP contribution in [0.5, 0.6) is 0 Å². The van der Waals surface area contributed by atoms with E-state index < -0.39 is 9.84 Å². The van der Waals surface area contributed by atoms with Gasteiger partial charge in [0, 0.05) is 24.7 Å². The maximum Gasteiger partial charge on any atom is 0.153 e. The third-order valence-electron chi connectivity index (χ3n) is 3.73. The molecule has 1 aromatic rings. The van der Waals surface area contributed by atoms with Crippen molar-refractivity contribution in [3.05, 3.63) is 23.7 Å². The molecule has 1 saturated heterocycles. The molecule has 1 aliphatic heterocycles. The molecule has 114 valence electrons. The van der Waals surface area contributed by atoms with E-state index in [9.17, 15) is 8.42 Å². The van der Waals surface area contributed by atoms with Crippen LogP contribution in [0.3, 0.4) is 0 Å². The molecular weight excluding hydrogens is 276 g/mol. The number of hydrogen-bond acceptors (Lipinski definition) is 5. The highest BCUT2D eigenvalue weighted by molar-refractivity contribution is 7.91. The predicted molar refractivity (Wildman–Crippen MR) is 79.2 cm³/mol. The first-order chi connectivity index (χ1) is 9.52. The number of rotatable bonds is 6. The average molecular weight is 300 g/mol. The number of sulfone groups is 1. The van der Waals surface area contributed by atoms with Crippen LogP contribution in [0.15, 0.2) is 16.7 Å². The number of nitrogens with one attached hydrogen (secondary N) is 1. The quantitative estimate of drug-likeness (QED) is 0.805. The lowest BCUT2D eigenvalue weighted by Gasteiger charge is -2.32. The van der Waals surface area contributed by atoms with Gasteiger partial charge < -0.3 is 9.73 Å². The summed E-state index contributed by atoms with van der Waals surface area (Å²) in [6.45, 7) is 7.18. The van der Waals surface area contributed by atoms with Gasteiger partial charge in [0.2, 0.25) is 0 Å². The van der Waals surface area contributed by atoms with Crippen molar-refractivity contribution >= 4 is 9.84 Å². The first-order valence-electron chi connectivity index (χ1n) is 7.22. The first kappa shape index (κ1) is 15.5. The third-order valence-corrected chi connectivity index (χ3v) is 5.53. The molecule has 0 aliphatic carbocycles. The largest absolute Gasteiger partial charge is 0.468 e. The van der Waals surface area contributed by atoms with Gasteiger partial charge in [-0.3, -0.25) is 4.90 Å². The van der Waals surface area contributed by atoms with E-state index >= 15 is 0 Å². The van der Waals surface area contributed by atoms with E-state index in [0.717, 1.165) is 25.3 Å². The molecule has 0 amide bonds. The van der Waals surface area contributed by atoms with Gasteiger partial charge in [0.15, 0.2) is 9.84 Å². The molecule has 1 aromatic heterocycles. The fourth-order valence-corrected chi connectivity index (χ4v) is 4.14. The summed E-state index contributed by atoms with van der Waals surface area (Å²) in [5, 5.41) is 3.37. The maximum atomic E-state index is 11.6. The molecule has 1 fully saturated rings. The van der Waals surface area contributed by atoms with Gasteiger partial charge in [-0.25, -0.2) is 8.42 Å². The molecule has 0 radical (unpaired) electrons. The monoisotopic (exact) mass is 300 g/mol. The van der Waals surface area contributed by atoms with Crippen LogP contribution < -0.4 is 5.32 Å². The Morgan fingerprint density at radius 1 is 1.50 bits per heavy atom. The predicted octanol–water partition coefficient (Wildman–Crippen LogP) is 1.40. The fourth-order valence-electron chi connectivity index (χ4n) is 2.52. The second-order valence-corrected chi connectivity index (χ2v) is 7.71. The maximum absolute atomic E-state index is 11.6. The number of hydrogen-bond donors (Lipinski definition) is 1. The topological polar surface area (TPSA) is 62.6 Å². The highest BCUT2D eigenvalue weighted by Crippen LogP contribution is 2.18. The highest BCUT2D eigenvalue weighted by atomic mass is 32.2. The van der Waals surface area contributed by atoms with E-state index in [1.807, 2.05) is 13.0 Å². The van der Waals surface area contributed by atoms with Crippen LogP contribution in [0.1, 0.15) is 31.6 Å². The highest BCUT2D eigenvalue weighted by Gasteiger charge is 2.28. The molecule has 6 heteroatoms. The van der Waals surface area contributed by atoms with Crippen LogP contribution in [0.4, 0.5) is 0 Å². The summed E-state index contributed by atoms with van der Waals surface area (Å²) in [5.74, 6) is 1.44. The summed E-state index contributed by atoms with van der Waals surface area (Å²) in [7, 11) is -2.86. The first-order valence-corrected chi connectivity index (χ1v) is 9.04. The molecule has 1 aliphatic rings. The van der Waals surface area contributed by atoms with Crippen molar-refractivity contribution in [3.63, 3.8) is 0 Å². The fraction of sp³-hybridized carbons (Fsp3) is 0.714. The van der Waals surface area contributed by atoms with Gasteiger partial charge >= 0.3 is 0 Å². The van der Waals surface area contributed by atoms with E-state index in [2.05, 4.69) is 17.1 Å². The Labute approximate surface area is 121 Å². The van der Waals surface area contributed by atoms with Crippen molar-refractivity contribution in [2.45, 2.75) is 39.4 Å². The number of nitrogens with zero attached hydrogens (tertiary/aromatic N) is 1. The molecule has 1 unspecified atom stereocenters. The molecule has 1 N–H and O–H groups in total. The van der Waals surface area contributed by atoms with Gasteiger partial charge in [0.25, 0.3) is 0 Å². The molecule has 5 nitrogen and oxygen atoms in total. The lowest BCUT2D eigenvalue weighted by atomic mass is 10.2. The minimum Gasteiger partial charge on any atom is -0.468 e. The summed E-state index contributed by atoms with van der Waals surface area (Å²) in [4.78, 5) is 2.18. The average Bonchev–Trinajstić information content (AvgIpc) is 2.80. The van der Waals surface area contributed by atoms with Crippen LogP contribution in [0.2, 0.25) is 0 Å².